The Bertz CT molecular complexity index is 515. The smallest absolute Gasteiger partial charge is 0.220 e. The van der Waals surface area contributed by atoms with Crippen LogP contribution >= 0.6 is 0 Å². The Morgan fingerprint density at radius 2 is 1.45 bits per heavy atom. The van der Waals surface area contributed by atoms with Gasteiger partial charge in [-0.15, -0.1) is 0 Å². The summed E-state index contributed by atoms with van der Waals surface area (Å²) in [5.74, 6) is 0.192. The predicted octanol–water partition coefficient (Wildman–Crippen LogP) is 2.93. The maximum atomic E-state index is 12.2. The molecule has 0 saturated carbocycles. The molecule has 0 atom stereocenters. The number of rotatable bonds is 8. The summed E-state index contributed by atoms with van der Waals surface area (Å²) in [6, 6.07) is 20.4. The number of nitrogens with one attached hydrogen (secondary N) is 2. The third-order valence-electron chi connectivity index (χ3n) is 3.67. The van der Waals surface area contributed by atoms with Crippen LogP contribution in [0, 0.1) is 0 Å². The van der Waals surface area contributed by atoms with Crippen molar-refractivity contribution in [1.82, 2.24) is 10.6 Å². The number of benzene rings is 2. The number of carbonyl (C=O) groups excluding carboxylic acids is 1. The molecule has 0 bridgehead atoms. The first-order valence-corrected chi connectivity index (χ1v) is 7.88. The van der Waals surface area contributed by atoms with E-state index in [2.05, 4.69) is 41.8 Å². The van der Waals surface area contributed by atoms with Crippen molar-refractivity contribution in [3.05, 3.63) is 71.8 Å². The van der Waals surface area contributed by atoms with Gasteiger partial charge in [-0.05, 0) is 17.7 Å². The fourth-order valence-electron chi connectivity index (χ4n) is 2.52. The second kappa shape index (κ2) is 9.00. The standard InChI is InChI=1S/C19H24N2O/c1-2-20-13-14-21-19(22)15-18(16-9-5-3-6-10-16)17-11-7-4-8-12-17/h3-12,18,20H,2,13-15H2,1H3,(H,21,22). The highest BCUT2D eigenvalue weighted by atomic mass is 16.1. The zero-order valence-corrected chi connectivity index (χ0v) is 13.1. The molecule has 2 rings (SSSR count). The average Bonchev–Trinajstić information content (AvgIpc) is 2.58. The van der Waals surface area contributed by atoms with Gasteiger partial charge >= 0.3 is 0 Å². The van der Waals surface area contributed by atoms with Crippen molar-refractivity contribution in [3.63, 3.8) is 0 Å². The van der Waals surface area contributed by atoms with Crippen LogP contribution in [0.1, 0.15) is 30.4 Å². The van der Waals surface area contributed by atoms with E-state index < -0.39 is 0 Å². The largest absolute Gasteiger partial charge is 0.355 e. The molecule has 2 N–H and O–H groups in total. The number of amides is 1. The molecule has 0 fully saturated rings. The zero-order chi connectivity index (χ0) is 15.6. The molecule has 0 aliphatic heterocycles. The summed E-state index contributed by atoms with van der Waals surface area (Å²) in [6.45, 7) is 4.46. The van der Waals surface area contributed by atoms with Crippen LogP contribution in [0.25, 0.3) is 0 Å². The molecule has 3 heteroatoms. The van der Waals surface area contributed by atoms with Crippen molar-refractivity contribution in [3.8, 4) is 0 Å². The Kier molecular flexibility index (Phi) is 6.65. The molecule has 2 aromatic rings. The first-order valence-electron chi connectivity index (χ1n) is 7.88. The molecule has 0 aromatic heterocycles. The molecule has 0 heterocycles. The van der Waals surface area contributed by atoms with Crippen molar-refractivity contribution in [2.45, 2.75) is 19.3 Å². The lowest BCUT2D eigenvalue weighted by Gasteiger charge is -2.18. The van der Waals surface area contributed by atoms with Crippen LogP contribution in [0.15, 0.2) is 60.7 Å². The van der Waals surface area contributed by atoms with E-state index in [0.29, 0.717) is 13.0 Å². The summed E-state index contributed by atoms with van der Waals surface area (Å²) in [4.78, 5) is 12.2. The zero-order valence-electron chi connectivity index (χ0n) is 13.1. The van der Waals surface area contributed by atoms with E-state index in [9.17, 15) is 4.79 Å². The second-order valence-electron chi connectivity index (χ2n) is 5.28. The number of carbonyl (C=O) groups is 1. The van der Waals surface area contributed by atoms with Crippen LogP contribution in [0.2, 0.25) is 0 Å². The third kappa shape index (κ3) is 5.01. The van der Waals surface area contributed by atoms with Crippen molar-refractivity contribution in [1.29, 1.82) is 0 Å². The van der Waals surface area contributed by atoms with E-state index in [1.54, 1.807) is 0 Å². The Morgan fingerprint density at radius 1 is 0.909 bits per heavy atom. The van der Waals surface area contributed by atoms with Gasteiger partial charge in [0.2, 0.25) is 5.91 Å². The van der Waals surface area contributed by atoms with Gasteiger partial charge < -0.3 is 10.6 Å². The normalized spacial score (nSPS) is 10.6. The highest BCUT2D eigenvalue weighted by Gasteiger charge is 2.17. The summed E-state index contributed by atoms with van der Waals surface area (Å²) >= 11 is 0. The molecule has 0 aliphatic rings. The number of hydrogen-bond acceptors (Lipinski definition) is 2. The van der Waals surface area contributed by atoms with E-state index in [1.807, 2.05) is 36.4 Å². The van der Waals surface area contributed by atoms with Gasteiger partial charge in [0.25, 0.3) is 0 Å². The number of likely N-dealkylation sites (N-methyl/N-ethyl adjacent to an activating group) is 1. The van der Waals surface area contributed by atoms with E-state index in [1.165, 1.54) is 11.1 Å². The Morgan fingerprint density at radius 3 is 1.95 bits per heavy atom. The molecule has 1 amide bonds. The summed E-state index contributed by atoms with van der Waals surface area (Å²) in [5, 5.41) is 6.19. The highest BCUT2D eigenvalue weighted by Crippen LogP contribution is 2.27. The first kappa shape index (κ1) is 16.2. The van der Waals surface area contributed by atoms with Gasteiger partial charge in [0.05, 0.1) is 0 Å². The Balaban J connectivity index is 2.04. The SMILES string of the molecule is CCNCCNC(=O)CC(c1ccccc1)c1ccccc1. The fraction of sp³-hybridized carbons (Fsp3) is 0.316. The first-order chi connectivity index (χ1) is 10.8. The molecule has 3 nitrogen and oxygen atoms in total. The van der Waals surface area contributed by atoms with Gasteiger partial charge in [-0.1, -0.05) is 67.6 Å². The van der Waals surface area contributed by atoms with E-state index in [-0.39, 0.29) is 11.8 Å². The van der Waals surface area contributed by atoms with Crippen molar-refractivity contribution >= 4 is 5.91 Å². The maximum absolute atomic E-state index is 12.2. The maximum Gasteiger partial charge on any atom is 0.220 e. The molecule has 0 spiro atoms. The predicted molar refractivity (Wildman–Crippen MR) is 90.9 cm³/mol. The minimum Gasteiger partial charge on any atom is -0.355 e. The minimum atomic E-state index is 0.0932. The molecule has 0 saturated heterocycles. The van der Waals surface area contributed by atoms with Crippen LogP contribution in [0.4, 0.5) is 0 Å². The average molecular weight is 296 g/mol. The van der Waals surface area contributed by atoms with Crippen LogP contribution < -0.4 is 10.6 Å². The molecule has 0 radical (unpaired) electrons. The quantitative estimate of drug-likeness (QED) is 0.735. The fourth-order valence-corrected chi connectivity index (χ4v) is 2.52. The molecular formula is C19H24N2O. The lowest BCUT2D eigenvalue weighted by molar-refractivity contribution is -0.121. The third-order valence-corrected chi connectivity index (χ3v) is 3.67. The van der Waals surface area contributed by atoms with Gasteiger partial charge in [0.15, 0.2) is 0 Å². The Labute approximate surface area is 132 Å². The van der Waals surface area contributed by atoms with Crippen LogP contribution in [-0.2, 0) is 4.79 Å². The van der Waals surface area contributed by atoms with Gasteiger partial charge in [-0.25, -0.2) is 0 Å². The molecule has 0 unspecified atom stereocenters. The van der Waals surface area contributed by atoms with Gasteiger partial charge in [0.1, 0.15) is 0 Å². The molecule has 116 valence electrons. The van der Waals surface area contributed by atoms with Crippen molar-refractivity contribution < 1.29 is 4.79 Å². The van der Waals surface area contributed by atoms with Gasteiger partial charge in [-0.3, -0.25) is 4.79 Å². The second-order valence-corrected chi connectivity index (χ2v) is 5.28. The number of hydrogen-bond donors (Lipinski definition) is 2. The van der Waals surface area contributed by atoms with Crippen molar-refractivity contribution in [2.75, 3.05) is 19.6 Å². The molecule has 2 aromatic carbocycles. The van der Waals surface area contributed by atoms with Crippen molar-refractivity contribution in [2.24, 2.45) is 0 Å². The summed E-state index contributed by atoms with van der Waals surface area (Å²) in [5.41, 5.74) is 2.35. The minimum absolute atomic E-state index is 0.0932. The topological polar surface area (TPSA) is 41.1 Å². The summed E-state index contributed by atoms with van der Waals surface area (Å²) in [6.07, 6.45) is 0.472. The van der Waals surface area contributed by atoms with Gasteiger partial charge in [0, 0.05) is 25.4 Å². The van der Waals surface area contributed by atoms with Crippen LogP contribution in [-0.4, -0.2) is 25.5 Å². The van der Waals surface area contributed by atoms with Crippen LogP contribution in [0.5, 0.6) is 0 Å². The van der Waals surface area contributed by atoms with Gasteiger partial charge in [-0.2, -0.15) is 0 Å². The lowest BCUT2D eigenvalue weighted by Crippen LogP contribution is -2.32. The van der Waals surface area contributed by atoms with E-state index in [0.717, 1.165) is 13.1 Å². The Hall–Kier alpha value is -2.13. The monoisotopic (exact) mass is 296 g/mol. The summed E-state index contributed by atoms with van der Waals surface area (Å²) < 4.78 is 0. The summed E-state index contributed by atoms with van der Waals surface area (Å²) in [7, 11) is 0. The van der Waals surface area contributed by atoms with E-state index >= 15 is 0 Å². The molecular weight excluding hydrogens is 272 g/mol. The molecule has 22 heavy (non-hydrogen) atoms. The van der Waals surface area contributed by atoms with Crippen LogP contribution in [0.3, 0.4) is 0 Å². The molecule has 0 aliphatic carbocycles. The van der Waals surface area contributed by atoms with E-state index in [4.69, 9.17) is 0 Å². The lowest BCUT2D eigenvalue weighted by atomic mass is 9.88. The highest BCUT2D eigenvalue weighted by molar-refractivity contribution is 5.77.